The van der Waals surface area contributed by atoms with E-state index in [1.54, 1.807) is 0 Å². The second-order valence-corrected chi connectivity index (χ2v) is 4.95. The Morgan fingerprint density at radius 2 is 2.31 bits per heavy atom. The number of allylic oxidation sites excluding steroid dienone is 1. The molecule has 1 aliphatic heterocycles. The van der Waals surface area contributed by atoms with Gasteiger partial charge < -0.3 is 10.5 Å². The van der Waals surface area contributed by atoms with Crippen molar-refractivity contribution >= 4 is 15.9 Å². The van der Waals surface area contributed by atoms with E-state index in [9.17, 15) is 0 Å². The summed E-state index contributed by atoms with van der Waals surface area (Å²) in [5.41, 5.74) is 7.36. The Labute approximate surface area is 105 Å². The third kappa shape index (κ3) is 3.09. The number of rotatable bonds is 3. The van der Waals surface area contributed by atoms with E-state index in [1.165, 1.54) is 5.56 Å². The summed E-state index contributed by atoms with van der Waals surface area (Å²) in [6.45, 7) is 0.804. The molecule has 0 amide bonds. The van der Waals surface area contributed by atoms with Crippen molar-refractivity contribution < 1.29 is 4.74 Å². The normalized spacial score (nSPS) is 17.5. The second-order valence-electron chi connectivity index (χ2n) is 4.04. The molecule has 3 heteroatoms. The molecule has 1 atom stereocenters. The zero-order chi connectivity index (χ0) is 11.4. The molecule has 0 spiro atoms. The van der Waals surface area contributed by atoms with E-state index in [2.05, 4.69) is 34.1 Å². The summed E-state index contributed by atoms with van der Waals surface area (Å²) in [5.74, 6) is 0.950. The zero-order valence-corrected chi connectivity index (χ0v) is 10.7. The van der Waals surface area contributed by atoms with Gasteiger partial charge in [-0.2, -0.15) is 0 Å². The first kappa shape index (κ1) is 11.7. The average Bonchev–Trinajstić information content (AvgIpc) is 2.30. The van der Waals surface area contributed by atoms with Crippen LogP contribution >= 0.6 is 15.9 Å². The van der Waals surface area contributed by atoms with Crippen molar-refractivity contribution in [1.29, 1.82) is 0 Å². The Balaban J connectivity index is 2.01. The van der Waals surface area contributed by atoms with E-state index in [4.69, 9.17) is 10.5 Å². The molecule has 0 saturated carbocycles. The molecule has 0 radical (unpaired) electrons. The van der Waals surface area contributed by atoms with Crippen LogP contribution in [0.25, 0.3) is 0 Å². The molecule has 86 valence electrons. The first-order chi connectivity index (χ1) is 7.75. The van der Waals surface area contributed by atoms with Gasteiger partial charge in [0, 0.05) is 4.47 Å². The Morgan fingerprint density at radius 1 is 1.44 bits per heavy atom. The van der Waals surface area contributed by atoms with Crippen LogP contribution in [0.2, 0.25) is 0 Å². The molecule has 0 fully saturated rings. The number of benzene rings is 1. The molecule has 1 aromatic carbocycles. The highest BCUT2D eigenvalue weighted by molar-refractivity contribution is 9.10. The summed E-state index contributed by atoms with van der Waals surface area (Å²) >= 11 is 3.46. The maximum absolute atomic E-state index is 6.12. The molecule has 2 nitrogen and oxygen atoms in total. The van der Waals surface area contributed by atoms with E-state index in [1.807, 2.05) is 12.1 Å². The maximum atomic E-state index is 6.12. The Hall–Kier alpha value is -0.800. The maximum Gasteiger partial charge on any atom is 0.109 e. The van der Waals surface area contributed by atoms with Gasteiger partial charge in [0.15, 0.2) is 0 Å². The van der Waals surface area contributed by atoms with Gasteiger partial charge in [0.05, 0.1) is 12.6 Å². The summed E-state index contributed by atoms with van der Waals surface area (Å²) < 4.78 is 6.66. The minimum atomic E-state index is -0.0189. The topological polar surface area (TPSA) is 35.2 Å². The second kappa shape index (κ2) is 5.51. The number of hydrogen-bond acceptors (Lipinski definition) is 2. The molecule has 1 aromatic rings. The van der Waals surface area contributed by atoms with Crippen LogP contribution in [0.4, 0.5) is 0 Å². The Morgan fingerprint density at radius 3 is 3.00 bits per heavy atom. The van der Waals surface area contributed by atoms with Crippen molar-refractivity contribution in [1.82, 2.24) is 0 Å². The first-order valence-corrected chi connectivity index (χ1v) is 6.38. The quantitative estimate of drug-likeness (QED) is 0.925. The molecule has 16 heavy (non-hydrogen) atoms. The minimum absolute atomic E-state index is 0.0189. The minimum Gasteiger partial charge on any atom is -0.497 e. The lowest BCUT2D eigenvalue weighted by Crippen LogP contribution is -2.28. The largest absolute Gasteiger partial charge is 0.497 e. The summed E-state index contributed by atoms with van der Waals surface area (Å²) in [6, 6.07) is 8.22. The molecule has 0 bridgehead atoms. The van der Waals surface area contributed by atoms with Crippen LogP contribution < -0.4 is 5.73 Å². The van der Waals surface area contributed by atoms with Crippen LogP contribution in [0.3, 0.4) is 0 Å². The van der Waals surface area contributed by atoms with Crippen molar-refractivity contribution in [2.24, 2.45) is 5.73 Å². The van der Waals surface area contributed by atoms with Crippen molar-refractivity contribution in [3.8, 4) is 0 Å². The van der Waals surface area contributed by atoms with E-state index in [0.717, 1.165) is 36.1 Å². The fourth-order valence-corrected chi connectivity index (χ4v) is 2.30. The fraction of sp³-hybridized carbons (Fsp3) is 0.385. The molecule has 2 rings (SSSR count). The van der Waals surface area contributed by atoms with Crippen LogP contribution in [0, 0.1) is 0 Å². The molecule has 1 heterocycles. The van der Waals surface area contributed by atoms with E-state index in [-0.39, 0.29) is 6.04 Å². The lowest BCUT2D eigenvalue weighted by atomic mass is 10.0. The first-order valence-electron chi connectivity index (χ1n) is 5.58. The predicted octanol–water partition coefficient (Wildman–Crippen LogP) is 3.01. The standard InChI is InChI=1S/C13H16BrNO/c14-11-5-3-4-10(8-11)9-12(15)13-6-1-2-7-16-13/h3-6,8,12H,1-2,7,9,15H2. The van der Waals surface area contributed by atoms with Crippen LogP contribution in [-0.2, 0) is 11.2 Å². The number of hydrogen-bond donors (Lipinski definition) is 1. The van der Waals surface area contributed by atoms with Crippen molar-refractivity contribution in [2.45, 2.75) is 25.3 Å². The Kier molecular flexibility index (Phi) is 4.02. The molecule has 2 N–H and O–H groups in total. The average molecular weight is 282 g/mol. The summed E-state index contributed by atoms with van der Waals surface area (Å²) in [7, 11) is 0. The molecule has 0 saturated heterocycles. The smallest absolute Gasteiger partial charge is 0.109 e. The van der Waals surface area contributed by atoms with Gasteiger partial charge in [-0.3, -0.25) is 0 Å². The van der Waals surface area contributed by atoms with Gasteiger partial charge in [0.1, 0.15) is 5.76 Å². The van der Waals surface area contributed by atoms with Crippen molar-refractivity contribution in [3.63, 3.8) is 0 Å². The molecule has 1 unspecified atom stereocenters. The highest BCUT2D eigenvalue weighted by atomic mass is 79.9. The predicted molar refractivity (Wildman–Crippen MR) is 69.1 cm³/mol. The number of nitrogens with two attached hydrogens (primary N) is 1. The number of halogens is 1. The van der Waals surface area contributed by atoms with Crippen LogP contribution in [-0.4, -0.2) is 12.6 Å². The SMILES string of the molecule is NC(Cc1cccc(Br)c1)C1=CCCCO1. The highest BCUT2D eigenvalue weighted by Crippen LogP contribution is 2.17. The fourth-order valence-electron chi connectivity index (χ4n) is 1.85. The van der Waals surface area contributed by atoms with Gasteiger partial charge in [-0.25, -0.2) is 0 Å². The molecule has 0 aromatic heterocycles. The summed E-state index contributed by atoms with van der Waals surface area (Å²) in [6.07, 6.45) is 5.13. The van der Waals surface area contributed by atoms with Crippen molar-refractivity contribution in [3.05, 3.63) is 46.1 Å². The van der Waals surface area contributed by atoms with Crippen LogP contribution in [0.5, 0.6) is 0 Å². The van der Waals surface area contributed by atoms with E-state index in [0.29, 0.717) is 0 Å². The van der Waals surface area contributed by atoms with Gasteiger partial charge >= 0.3 is 0 Å². The summed E-state index contributed by atoms with van der Waals surface area (Å²) in [4.78, 5) is 0. The molecule has 0 aliphatic carbocycles. The van der Waals surface area contributed by atoms with Gasteiger partial charge in [0.2, 0.25) is 0 Å². The van der Waals surface area contributed by atoms with Crippen molar-refractivity contribution in [2.75, 3.05) is 6.61 Å². The monoisotopic (exact) mass is 281 g/mol. The molecular formula is C13H16BrNO. The lowest BCUT2D eigenvalue weighted by molar-refractivity contribution is 0.175. The highest BCUT2D eigenvalue weighted by Gasteiger charge is 2.14. The third-order valence-electron chi connectivity index (χ3n) is 2.67. The van der Waals surface area contributed by atoms with Gasteiger partial charge in [-0.15, -0.1) is 0 Å². The zero-order valence-electron chi connectivity index (χ0n) is 9.16. The molecule has 1 aliphatic rings. The Bertz CT molecular complexity index is 389. The summed E-state index contributed by atoms with van der Waals surface area (Å²) in [5, 5.41) is 0. The lowest BCUT2D eigenvalue weighted by Gasteiger charge is -2.20. The van der Waals surface area contributed by atoms with Gasteiger partial charge in [0.25, 0.3) is 0 Å². The van der Waals surface area contributed by atoms with Crippen LogP contribution in [0.1, 0.15) is 18.4 Å². The van der Waals surface area contributed by atoms with E-state index < -0.39 is 0 Å². The van der Waals surface area contributed by atoms with Crippen LogP contribution in [0.15, 0.2) is 40.6 Å². The van der Waals surface area contributed by atoms with Gasteiger partial charge in [-0.1, -0.05) is 28.1 Å². The molecular weight excluding hydrogens is 266 g/mol. The number of ether oxygens (including phenoxy) is 1. The van der Waals surface area contributed by atoms with Gasteiger partial charge in [-0.05, 0) is 43.0 Å². The van der Waals surface area contributed by atoms with E-state index >= 15 is 0 Å². The third-order valence-corrected chi connectivity index (χ3v) is 3.17.